The Balaban J connectivity index is 1.70. The van der Waals surface area contributed by atoms with Crippen molar-refractivity contribution < 1.29 is 0 Å². The number of allylic oxidation sites excluding steroid dienone is 1. The summed E-state index contributed by atoms with van der Waals surface area (Å²) in [5.41, 5.74) is 0.489. The Morgan fingerprint density at radius 1 is 1.22 bits per heavy atom. The van der Waals surface area contributed by atoms with Gasteiger partial charge in [-0.2, -0.15) is 0 Å². The van der Waals surface area contributed by atoms with Crippen LogP contribution in [0.4, 0.5) is 0 Å². The zero-order chi connectivity index (χ0) is 12.4. The van der Waals surface area contributed by atoms with Gasteiger partial charge in [0.2, 0.25) is 0 Å². The fourth-order valence-electron chi connectivity index (χ4n) is 3.95. The first-order chi connectivity index (χ1) is 8.84. The average Bonchev–Trinajstić information content (AvgIpc) is 3.23. The SMILES string of the molecule is C/C=C/CN1CC(C2CC2)NCC12CCCCC2. The Kier molecular flexibility index (Phi) is 3.76. The van der Waals surface area contributed by atoms with Crippen molar-refractivity contribution in [3.63, 3.8) is 0 Å². The van der Waals surface area contributed by atoms with E-state index in [1.807, 2.05) is 0 Å². The molecule has 0 radical (unpaired) electrons. The maximum absolute atomic E-state index is 3.88. The maximum Gasteiger partial charge on any atom is 0.0338 e. The molecule has 1 atom stereocenters. The van der Waals surface area contributed by atoms with Gasteiger partial charge in [-0.15, -0.1) is 0 Å². The van der Waals surface area contributed by atoms with Crippen LogP contribution in [0.5, 0.6) is 0 Å². The molecule has 0 bridgehead atoms. The van der Waals surface area contributed by atoms with Gasteiger partial charge in [0.05, 0.1) is 0 Å². The van der Waals surface area contributed by atoms with Crippen LogP contribution >= 0.6 is 0 Å². The minimum absolute atomic E-state index is 0.489. The number of nitrogens with zero attached hydrogens (tertiary/aromatic N) is 1. The van der Waals surface area contributed by atoms with Gasteiger partial charge in [0.1, 0.15) is 0 Å². The molecule has 1 saturated heterocycles. The van der Waals surface area contributed by atoms with Crippen molar-refractivity contribution in [2.45, 2.75) is 63.5 Å². The number of hydrogen-bond acceptors (Lipinski definition) is 2. The van der Waals surface area contributed by atoms with Gasteiger partial charge in [-0.25, -0.2) is 0 Å². The minimum atomic E-state index is 0.489. The summed E-state index contributed by atoms with van der Waals surface area (Å²) >= 11 is 0. The van der Waals surface area contributed by atoms with E-state index >= 15 is 0 Å². The first-order valence-corrected chi connectivity index (χ1v) is 7.94. The van der Waals surface area contributed by atoms with Crippen molar-refractivity contribution >= 4 is 0 Å². The molecule has 0 aromatic heterocycles. The zero-order valence-electron chi connectivity index (χ0n) is 11.8. The van der Waals surface area contributed by atoms with Crippen LogP contribution in [0.15, 0.2) is 12.2 Å². The molecule has 1 unspecified atom stereocenters. The Labute approximate surface area is 112 Å². The van der Waals surface area contributed by atoms with Gasteiger partial charge >= 0.3 is 0 Å². The van der Waals surface area contributed by atoms with Crippen LogP contribution in [0.3, 0.4) is 0 Å². The smallest absolute Gasteiger partial charge is 0.0338 e. The first-order valence-electron chi connectivity index (χ1n) is 7.94. The van der Waals surface area contributed by atoms with Gasteiger partial charge in [-0.1, -0.05) is 31.4 Å². The summed E-state index contributed by atoms with van der Waals surface area (Å²) in [4.78, 5) is 2.81. The molecule has 0 aromatic carbocycles. The van der Waals surface area contributed by atoms with Gasteiger partial charge in [-0.3, -0.25) is 4.90 Å². The summed E-state index contributed by atoms with van der Waals surface area (Å²) in [7, 11) is 0. The van der Waals surface area contributed by atoms with Gasteiger partial charge in [-0.05, 0) is 38.5 Å². The van der Waals surface area contributed by atoms with Crippen molar-refractivity contribution in [3.8, 4) is 0 Å². The third kappa shape index (κ3) is 2.50. The third-order valence-corrected chi connectivity index (χ3v) is 5.32. The number of nitrogens with one attached hydrogen (secondary N) is 1. The normalized spacial score (nSPS) is 33.3. The molecule has 2 saturated carbocycles. The highest BCUT2D eigenvalue weighted by Crippen LogP contribution is 2.40. The molecule has 2 aliphatic carbocycles. The highest BCUT2D eigenvalue weighted by Gasteiger charge is 2.44. The second-order valence-electron chi connectivity index (χ2n) is 6.58. The molecule has 102 valence electrons. The van der Waals surface area contributed by atoms with E-state index in [-0.39, 0.29) is 0 Å². The van der Waals surface area contributed by atoms with Crippen molar-refractivity contribution in [2.75, 3.05) is 19.6 Å². The number of hydrogen-bond donors (Lipinski definition) is 1. The Morgan fingerprint density at radius 3 is 2.67 bits per heavy atom. The lowest BCUT2D eigenvalue weighted by Gasteiger charge is -2.52. The molecule has 1 heterocycles. The van der Waals surface area contributed by atoms with Crippen LogP contribution in [0, 0.1) is 5.92 Å². The van der Waals surface area contributed by atoms with Gasteiger partial charge < -0.3 is 5.32 Å². The van der Waals surface area contributed by atoms with E-state index in [1.165, 1.54) is 64.6 Å². The van der Waals surface area contributed by atoms with Gasteiger partial charge in [0.25, 0.3) is 0 Å². The van der Waals surface area contributed by atoms with E-state index in [1.54, 1.807) is 0 Å². The van der Waals surface area contributed by atoms with Gasteiger partial charge in [0, 0.05) is 31.2 Å². The molecular weight excluding hydrogens is 220 g/mol. The standard InChI is InChI=1S/C16H28N2/c1-2-3-11-18-12-15(14-7-8-14)17-13-16(18)9-5-4-6-10-16/h2-3,14-15,17H,4-13H2,1H3/b3-2+. The summed E-state index contributed by atoms with van der Waals surface area (Å²) in [6, 6.07) is 0.780. The predicted octanol–water partition coefficient (Wildman–Crippen LogP) is 2.95. The highest BCUT2D eigenvalue weighted by atomic mass is 15.3. The topological polar surface area (TPSA) is 15.3 Å². The lowest BCUT2D eigenvalue weighted by atomic mass is 9.78. The van der Waals surface area contributed by atoms with E-state index in [2.05, 4.69) is 29.3 Å². The summed E-state index contributed by atoms with van der Waals surface area (Å²) in [6.07, 6.45) is 14.6. The van der Waals surface area contributed by atoms with E-state index in [0.717, 1.165) is 12.0 Å². The summed E-state index contributed by atoms with van der Waals surface area (Å²) in [6.45, 7) is 5.84. The second kappa shape index (κ2) is 5.34. The monoisotopic (exact) mass is 248 g/mol. The summed E-state index contributed by atoms with van der Waals surface area (Å²) < 4.78 is 0. The lowest BCUT2D eigenvalue weighted by molar-refractivity contribution is 0.0155. The van der Waals surface area contributed by atoms with Crippen LogP contribution in [0.1, 0.15) is 51.9 Å². The molecule has 1 spiro atoms. The van der Waals surface area contributed by atoms with E-state index in [9.17, 15) is 0 Å². The maximum atomic E-state index is 3.88. The van der Waals surface area contributed by atoms with Crippen LogP contribution in [0.25, 0.3) is 0 Å². The fourth-order valence-corrected chi connectivity index (χ4v) is 3.95. The molecule has 0 aromatic rings. The molecule has 0 amide bonds. The van der Waals surface area contributed by atoms with Crippen molar-refractivity contribution in [1.29, 1.82) is 0 Å². The van der Waals surface area contributed by atoms with Crippen LogP contribution in [0.2, 0.25) is 0 Å². The molecule has 3 aliphatic rings. The molecule has 18 heavy (non-hydrogen) atoms. The number of rotatable bonds is 3. The van der Waals surface area contributed by atoms with Crippen molar-refractivity contribution in [1.82, 2.24) is 10.2 Å². The molecular formula is C16H28N2. The van der Waals surface area contributed by atoms with Crippen LogP contribution < -0.4 is 5.32 Å². The Morgan fingerprint density at radius 2 is 2.00 bits per heavy atom. The lowest BCUT2D eigenvalue weighted by Crippen LogP contribution is -2.65. The number of piperazine rings is 1. The quantitative estimate of drug-likeness (QED) is 0.773. The molecule has 1 N–H and O–H groups in total. The van der Waals surface area contributed by atoms with Gasteiger partial charge in [0.15, 0.2) is 0 Å². The molecule has 2 heteroatoms. The molecule has 3 rings (SSSR count). The summed E-state index contributed by atoms with van der Waals surface area (Å²) in [5, 5.41) is 3.88. The molecule has 3 fully saturated rings. The zero-order valence-corrected chi connectivity index (χ0v) is 11.8. The Bertz CT molecular complexity index is 300. The van der Waals surface area contributed by atoms with Crippen LogP contribution in [-0.4, -0.2) is 36.1 Å². The highest BCUT2D eigenvalue weighted by molar-refractivity contribution is 5.05. The second-order valence-corrected chi connectivity index (χ2v) is 6.58. The van der Waals surface area contributed by atoms with Crippen molar-refractivity contribution in [3.05, 3.63) is 12.2 Å². The Hall–Kier alpha value is -0.340. The van der Waals surface area contributed by atoms with E-state index < -0.39 is 0 Å². The first kappa shape index (κ1) is 12.7. The summed E-state index contributed by atoms with van der Waals surface area (Å²) in [5.74, 6) is 0.985. The average molecular weight is 248 g/mol. The molecule has 1 aliphatic heterocycles. The predicted molar refractivity (Wildman–Crippen MR) is 76.7 cm³/mol. The largest absolute Gasteiger partial charge is 0.311 e. The third-order valence-electron chi connectivity index (χ3n) is 5.32. The van der Waals surface area contributed by atoms with E-state index in [4.69, 9.17) is 0 Å². The molecule has 2 nitrogen and oxygen atoms in total. The van der Waals surface area contributed by atoms with Crippen molar-refractivity contribution in [2.24, 2.45) is 5.92 Å². The van der Waals surface area contributed by atoms with E-state index in [0.29, 0.717) is 5.54 Å². The van der Waals surface area contributed by atoms with Crippen LogP contribution in [-0.2, 0) is 0 Å². The minimum Gasteiger partial charge on any atom is -0.311 e. The fraction of sp³-hybridized carbons (Fsp3) is 0.875.